The number of hydrogen-bond donors (Lipinski definition) is 1. The summed E-state index contributed by atoms with van der Waals surface area (Å²) in [5.74, 6) is -0.857. The van der Waals surface area contributed by atoms with Gasteiger partial charge in [0.1, 0.15) is 0 Å². The van der Waals surface area contributed by atoms with E-state index >= 15 is 0 Å². The number of fused-ring (bicyclic) bond motifs is 1. The van der Waals surface area contributed by atoms with Gasteiger partial charge in [0.05, 0.1) is 29.0 Å². The van der Waals surface area contributed by atoms with Crippen LogP contribution in [0.1, 0.15) is 36.6 Å². The number of likely N-dealkylation sites (N-methyl/N-ethyl adjacent to an activating group) is 1. The van der Waals surface area contributed by atoms with Gasteiger partial charge in [-0.25, -0.2) is 0 Å². The summed E-state index contributed by atoms with van der Waals surface area (Å²) >= 11 is 6.23. The van der Waals surface area contributed by atoms with Gasteiger partial charge in [0, 0.05) is 36.8 Å². The van der Waals surface area contributed by atoms with E-state index in [0.29, 0.717) is 27.4 Å². The third-order valence-electron chi connectivity index (χ3n) is 6.49. The van der Waals surface area contributed by atoms with Crippen molar-refractivity contribution in [2.24, 2.45) is 0 Å². The molecule has 5 rings (SSSR count). The Morgan fingerprint density at radius 1 is 0.886 bits per heavy atom. The van der Waals surface area contributed by atoms with Crippen molar-refractivity contribution in [1.82, 2.24) is 9.80 Å². The minimum absolute atomic E-state index is 0.149. The molecule has 0 aromatic heterocycles. The van der Waals surface area contributed by atoms with E-state index in [1.165, 1.54) is 4.90 Å². The van der Waals surface area contributed by atoms with Crippen molar-refractivity contribution in [3.8, 4) is 0 Å². The molecule has 1 fully saturated rings. The molecule has 8 heteroatoms. The molecule has 0 bridgehead atoms. The van der Waals surface area contributed by atoms with E-state index in [0.717, 1.165) is 37.4 Å². The zero-order valence-electron chi connectivity index (χ0n) is 19.3. The summed E-state index contributed by atoms with van der Waals surface area (Å²) < 4.78 is 0. The molecule has 3 aromatic rings. The second kappa shape index (κ2) is 9.52. The molecule has 35 heavy (non-hydrogen) atoms. The van der Waals surface area contributed by atoms with Crippen LogP contribution in [0.3, 0.4) is 0 Å². The zero-order chi connectivity index (χ0) is 24.5. The Labute approximate surface area is 208 Å². The highest BCUT2D eigenvalue weighted by Crippen LogP contribution is 2.30. The second-order valence-corrected chi connectivity index (χ2v) is 9.28. The van der Waals surface area contributed by atoms with Crippen LogP contribution in [0.4, 0.5) is 11.4 Å². The molecular weight excluding hydrogens is 464 g/mol. The van der Waals surface area contributed by atoms with Gasteiger partial charge in [0.2, 0.25) is 0 Å². The lowest BCUT2D eigenvalue weighted by molar-refractivity contribution is 0.0642. The van der Waals surface area contributed by atoms with E-state index in [1.54, 1.807) is 54.6 Å². The van der Waals surface area contributed by atoms with E-state index in [4.69, 9.17) is 11.6 Å². The SMILES string of the molecule is CN1CCN(c2ccc(Cl)cc2NC(=O)c2ccc(CN3C(=O)c4ccccc4C3=O)cc2)CC1. The molecule has 2 aliphatic rings. The lowest BCUT2D eigenvalue weighted by Gasteiger charge is -2.35. The van der Waals surface area contributed by atoms with Crippen LogP contribution in [-0.2, 0) is 6.54 Å². The molecule has 0 saturated carbocycles. The molecule has 2 heterocycles. The Balaban J connectivity index is 1.29. The molecule has 1 N–H and O–H groups in total. The van der Waals surface area contributed by atoms with Crippen molar-refractivity contribution in [2.45, 2.75) is 6.54 Å². The Bertz CT molecular complexity index is 1270. The maximum atomic E-state index is 13.0. The summed E-state index contributed by atoms with van der Waals surface area (Å²) in [4.78, 5) is 44.0. The summed E-state index contributed by atoms with van der Waals surface area (Å²) in [6.45, 7) is 3.78. The van der Waals surface area contributed by atoms with Gasteiger partial charge in [0.15, 0.2) is 0 Å². The number of halogens is 1. The topological polar surface area (TPSA) is 73.0 Å². The normalized spacial score (nSPS) is 15.9. The first-order chi connectivity index (χ1) is 16.9. The van der Waals surface area contributed by atoms with Gasteiger partial charge in [-0.3, -0.25) is 19.3 Å². The molecule has 7 nitrogen and oxygen atoms in total. The molecule has 0 radical (unpaired) electrons. The number of carbonyl (C=O) groups excluding carboxylic acids is 3. The van der Waals surface area contributed by atoms with Crippen LogP contribution in [0.25, 0.3) is 0 Å². The van der Waals surface area contributed by atoms with Crippen LogP contribution < -0.4 is 10.2 Å². The molecule has 0 unspecified atom stereocenters. The third-order valence-corrected chi connectivity index (χ3v) is 6.72. The Morgan fingerprint density at radius 3 is 2.14 bits per heavy atom. The largest absolute Gasteiger partial charge is 0.367 e. The van der Waals surface area contributed by atoms with Crippen LogP contribution in [0.5, 0.6) is 0 Å². The van der Waals surface area contributed by atoms with Gasteiger partial charge in [0.25, 0.3) is 17.7 Å². The standard InChI is InChI=1S/C27H25ClN4O3/c1-30-12-14-31(15-13-30)24-11-10-20(28)16-23(24)29-25(33)19-8-6-18(7-9-19)17-32-26(34)21-4-2-3-5-22(21)27(32)35/h2-11,16H,12-15,17H2,1H3,(H,29,33). The van der Waals surface area contributed by atoms with Crippen LogP contribution in [0.15, 0.2) is 66.7 Å². The lowest BCUT2D eigenvalue weighted by atomic mass is 10.1. The first kappa shape index (κ1) is 23.1. The van der Waals surface area contributed by atoms with Crippen molar-refractivity contribution >= 4 is 40.7 Å². The summed E-state index contributed by atoms with van der Waals surface area (Å²) in [6.07, 6.45) is 0. The number of nitrogens with one attached hydrogen (secondary N) is 1. The highest BCUT2D eigenvalue weighted by molar-refractivity contribution is 6.31. The molecule has 3 aromatic carbocycles. The fourth-order valence-electron chi connectivity index (χ4n) is 4.45. The van der Waals surface area contributed by atoms with Crippen molar-refractivity contribution in [3.63, 3.8) is 0 Å². The predicted octanol–water partition coefficient (Wildman–Crippen LogP) is 4.14. The molecule has 3 amide bonds. The van der Waals surface area contributed by atoms with Gasteiger partial charge in [-0.05, 0) is 55.1 Å². The smallest absolute Gasteiger partial charge is 0.261 e. The van der Waals surface area contributed by atoms with E-state index in [1.807, 2.05) is 12.1 Å². The van der Waals surface area contributed by atoms with Crippen LogP contribution in [0.2, 0.25) is 5.02 Å². The summed E-state index contributed by atoms with van der Waals surface area (Å²) in [5, 5.41) is 3.55. The number of benzene rings is 3. The van der Waals surface area contributed by atoms with Crippen molar-refractivity contribution in [1.29, 1.82) is 0 Å². The first-order valence-electron chi connectivity index (χ1n) is 11.5. The average Bonchev–Trinajstić information content (AvgIpc) is 3.10. The summed E-state index contributed by atoms with van der Waals surface area (Å²) in [6, 6.07) is 19.3. The highest BCUT2D eigenvalue weighted by Gasteiger charge is 2.34. The number of anilines is 2. The number of piperazine rings is 1. The highest BCUT2D eigenvalue weighted by atomic mass is 35.5. The molecule has 1 saturated heterocycles. The minimum atomic E-state index is -0.301. The maximum absolute atomic E-state index is 13.0. The molecule has 0 atom stereocenters. The Hall–Kier alpha value is -3.68. The number of rotatable bonds is 5. The number of nitrogens with zero attached hydrogens (tertiary/aromatic N) is 3. The second-order valence-electron chi connectivity index (χ2n) is 8.84. The van der Waals surface area contributed by atoms with Crippen LogP contribution >= 0.6 is 11.6 Å². The summed E-state index contributed by atoms with van der Waals surface area (Å²) in [7, 11) is 2.10. The van der Waals surface area contributed by atoms with Gasteiger partial charge in [-0.1, -0.05) is 35.9 Å². The van der Waals surface area contributed by atoms with Crippen molar-refractivity contribution < 1.29 is 14.4 Å². The Morgan fingerprint density at radius 2 is 1.51 bits per heavy atom. The van der Waals surface area contributed by atoms with E-state index in [-0.39, 0.29) is 24.3 Å². The predicted molar refractivity (Wildman–Crippen MR) is 136 cm³/mol. The fraction of sp³-hybridized carbons (Fsp3) is 0.222. The first-order valence-corrected chi connectivity index (χ1v) is 11.9. The number of imide groups is 1. The molecule has 2 aliphatic heterocycles. The van der Waals surface area contributed by atoms with E-state index < -0.39 is 0 Å². The molecule has 178 valence electrons. The number of amides is 3. The number of hydrogen-bond acceptors (Lipinski definition) is 5. The van der Waals surface area contributed by atoms with Crippen molar-refractivity contribution in [2.75, 3.05) is 43.4 Å². The van der Waals surface area contributed by atoms with Crippen molar-refractivity contribution in [3.05, 3.63) is 94.0 Å². The van der Waals surface area contributed by atoms with E-state index in [9.17, 15) is 14.4 Å². The quantitative estimate of drug-likeness (QED) is 0.546. The number of carbonyl (C=O) groups is 3. The van der Waals surface area contributed by atoms with Crippen LogP contribution in [0, 0.1) is 0 Å². The van der Waals surface area contributed by atoms with Gasteiger partial charge in [-0.15, -0.1) is 0 Å². The molecular formula is C27H25ClN4O3. The Kier molecular flexibility index (Phi) is 6.28. The van der Waals surface area contributed by atoms with Crippen LogP contribution in [-0.4, -0.2) is 60.7 Å². The average molecular weight is 489 g/mol. The zero-order valence-corrected chi connectivity index (χ0v) is 20.1. The van der Waals surface area contributed by atoms with E-state index in [2.05, 4.69) is 22.2 Å². The van der Waals surface area contributed by atoms with Gasteiger partial charge in [-0.2, -0.15) is 0 Å². The third kappa shape index (κ3) is 4.65. The minimum Gasteiger partial charge on any atom is -0.367 e. The molecule has 0 spiro atoms. The van der Waals surface area contributed by atoms with Gasteiger partial charge >= 0.3 is 0 Å². The lowest BCUT2D eigenvalue weighted by Crippen LogP contribution is -2.44. The molecule has 0 aliphatic carbocycles. The maximum Gasteiger partial charge on any atom is 0.261 e. The fourth-order valence-corrected chi connectivity index (χ4v) is 4.62. The summed E-state index contributed by atoms with van der Waals surface area (Å²) in [5.41, 5.74) is 3.69. The monoisotopic (exact) mass is 488 g/mol. The van der Waals surface area contributed by atoms with Gasteiger partial charge < -0.3 is 15.1 Å².